The number of carbonyl (C=O) groups excluding carboxylic acids is 1. The average Bonchev–Trinajstić information content (AvgIpc) is 3.17. The SMILES string of the molecule is O=C(Cc1csc(-c2cccc(Br)c2)n1)Nc1cccc(Cl)c1N1CCOCC1. The Morgan fingerprint density at radius 2 is 2.03 bits per heavy atom. The molecule has 1 saturated heterocycles. The normalized spacial score (nSPS) is 14.1. The molecule has 0 saturated carbocycles. The van der Waals surface area contributed by atoms with Crippen molar-refractivity contribution in [2.24, 2.45) is 0 Å². The van der Waals surface area contributed by atoms with Gasteiger partial charge in [-0.25, -0.2) is 4.98 Å². The molecule has 1 N–H and O–H groups in total. The maximum Gasteiger partial charge on any atom is 0.230 e. The number of benzene rings is 2. The summed E-state index contributed by atoms with van der Waals surface area (Å²) in [5, 5.41) is 6.45. The summed E-state index contributed by atoms with van der Waals surface area (Å²) in [7, 11) is 0. The Morgan fingerprint density at radius 3 is 2.83 bits per heavy atom. The van der Waals surface area contributed by atoms with Crippen LogP contribution in [0.1, 0.15) is 5.69 Å². The van der Waals surface area contributed by atoms with Crippen LogP contribution in [0.25, 0.3) is 10.6 Å². The number of carbonyl (C=O) groups is 1. The van der Waals surface area contributed by atoms with E-state index in [1.807, 2.05) is 47.8 Å². The highest BCUT2D eigenvalue weighted by Crippen LogP contribution is 2.34. The second-order valence-electron chi connectivity index (χ2n) is 6.61. The van der Waals surface area contributed by atoms with E-state index in [2.05, 4.69) is 31.1 Å². The summed E-state index contributed by atoms with van der Waals surface area (Å²) in [5.74, 6) is -0.118. The van der Waals surface area contributed by atoms with Crippen molar-refractivity contribution in [3.8, 4) is 10.6 Å². The fraction of sp³-hybridized carbons (Fsp3) is 0.238. The van der Waals surface area contributed by atoms with E-state index in [1.54, 1.807) is 0 Å². The maximum absolute atomic E-state index is 12.7. The third-order valence-corrected chi connectivity index (χ3v) is 6.29. The first-order valence-electron chi connectivity index (χ1n) is 9.21. The Kier molecular flexibility index (Phi) is 6.50. The minimum absolute atomic E-state index is 0.118. The molecule has 0 spiro atoms. The van der Waals surface area contributed by atoms with Gasteiger partial charge < -0.3 is 15.0 Å². The lowest BCUT2D eigenvalue weighted by atomic mass is 10.2. The molecule has 0 bridgehead atoms. The molecule has 1 aromatic heterocycles. The Bertz CT molecular complexity index is 1020. The predicted octanol–water partition coefficient (Wildman–Crippen LogP) is 5.24. The molecule has 0 radical (unpaired) electrons. The van der Waals surface area contributed by atoms with Crippen molar-refractivity contribution in [3.63, 3.8) is 0 Å². The van der Waals surface area contributed by atoms with E-state index in [0.717, 1.165) is 39.5 Å². The van der Waals surface area contributed by atoms with Crippen LogP contribution in [0.2, 0.25) is 5.02 Å². The van der Waals surface area contributed by atoms with Gasteiger partial charge in [-0.1, -0.05) is 45.7 Å². The molecule has 2 heterocycles. The number of para-hydroxylation sites is 1. The third-order valence-electron chi connectivity index (χ3n) is 4.55. The highest BCUT2D eigenvalue weighted by molar-refractivity contribution is 9.10. The minimum Gasteiger partial charge on any atom is -0.378 e. The van der Waals surface area contributed by atoms with Crippen LogP contribution in [0.15, 0.2) is 52.3 Å². The summed E-state index contributed by atoms with van der Waals surface area (Å²) in [4.78, 5) is 19.5. The molecule has 0 unspecified atom stereocenters. The zero-order valence-corrected chi connectivity index (χ0v) is 18.7. The summed E-state index contributed by atoms with van der Waals surface area (Å²) in [5.41, 5.74) is 3.34. The maximum atomic E-state index is 12.7. The van der Waals surface area contributed by atoms with E-state index in [9.17, 15) is 4.79 Å². The molecule has 8 heteroatoms. The Morgan fingerprint density at radius 1 is 1.24 bits per heavy atom. The summed E-state index contributed by atoms with van der Waals surface area (Å²) >= 11 is 11.5. The van der Waals surface area contributed by atoms with Gasteiger partial charge in [-0.15, -0.1) is 11.3 Å². The van der Waals surface area contributed by atoms with E-state index >= 15 is 0 Å². The summed E-state index contributed by atoms with van der Waals surface area (Å²) in [6.45, 7) is 2.79. The van der Waals surface area contributed by atoms with Gasteiger partial charge in [-0.05, 0) is 24.3 Å². The number of nitrogens with one attached hydrogen (secondary N) is 1. The van der Waals surface area contributed by atoms with E-state index in [4.69, 9.17) is 16.3 Å². The number of morpholine rings is 1. The van der Waals surface area contributed by atoms with Crippen LogP contribution in [0.4, 0.5) is 11.4 Å². The van der Waals surface area contributed by atoms with E-state index < -0.39 is 0 Å². The highest BCUT2D eigenvalue weighted by Gasteiger charge is 2.19. The number of nitrogens with zero attached hydrogens (tertiary/aromatic N) is 2. The molecule has 3 aromatic rings. The molecular weight excluding hydrogens is 474 g/mol. The molecule has 0 aliphatic carbocycles. The molecular formula is C21H19BrClN3O2S. The largest absolute Gasteiger partial charge is 0.378 e. The second kappa shape index (κ2) is 9.26. The fourth-order valence-electron chi connectivity index (χ4n) is 3.23. The van der Waals surface area contributed by atoms with Gasteiger partial charge >= 0.3 is 0 Å². The van der Waals surface area contributed by atoms with E-state index in [-0.39, 0.29) is 12.3 Å². The van der Waals surface area contributed by atoms with Gasteiger partial charge in [-0.3, -0.25) is 4.79 Å². The molecule has 4 rings (SSSR count). The topological polar surface area (TPSA) is 54.5 Å². The molecule has 29 heavy (non-hydrogen) atoms. The van der Waals surface area contributed by atoms with Crippen molar-refractivity contribution in [2.45, 2.75) is 6.42 Å². The number of rotatable bonds is 5. The van der Waals surface area contributed by atoms with Crippen molar-refractivity contribution in [1.29, 1.82) is 0 Å². The standard InChI is InChI=1S/C21H19BrClN3O2S/c22-15-4-1-3-14(11-15)21-24-16(13-29-21)12-19(27)25-18-6-2-5-17(23)20(18)26-7-9-28-10-8-26/h1-6,11,13H,7-10,12H2,(H,25,27). The Labute approximate surface area is 186 Å². The van der Waals surface area contributed by atoms with Gasteiger partial charge in [0.25, 0.3) is 0 Å². The van der Waals surface area contributed by atoms with Crippen LogP contribution in [0, 0.1) is 0 Å². The number of aromatic nitrogens is 1. The molecule has 1 aliphatic heterocycles. The molecule has 0 atom stereocenters. The average molecular weight is 493 g/mol. The van der Waals surface area contributed by atoms with Gasteiger partial charge in [-0.2, -0.15) is 0 Å². The molecule has 1 fully saturated rings. The first-order valence-corrected chi connectivity index (χ1v) is 11.3. The third kappa shape index (κ3) is 4.98. The number of hydrogen-bond donors (Lipinski definition) is 1. The lowest BCUT2D eigenvalue weighted by molar-refractivity contribution is -0.115. The number of halogens is 2. The first-order chi connectivity index (χ1) is 14.1. The van der Waals surface area contributed by atoms with Crippen LogP contribution < -0.4 is 10.2 Å². The van der Waals surface area contributed by atoms with Crippen molar-refractivity contribution in [3.05, 3.63) is 63.0 Å². The van der Waals surface area contributed by atoms with Crippen molar-refractivity contribution >= 4 is 56.1 Å². The molecule has 1 amide bonds. The fourth-order valence-corrected chi connectivity index (χ4v) is 4.74. The first kappa shape index (κ1) is 20.3. The number of ether oxygens (including phenoxy) is 1. The summed E-state index contributed by atoms with van der Waals surface area (Å²) in [6, 6.07) is 13.5. The van der Waals surface area contributed by atoms with Crippen molar-refractivity contribution < 1.29 is 9.53 Å². The van der Waals surface area contributed by atoms with Gasteiger partial charge in [0.2, 0.25) is 5.91 Å². The van der Waals surface area contributed by atoms with Gasteiger partial charge in [0, 0.05) is 28.5 Å². The van der Waals surface area contributed by atoms with Crippen LogP contribution in [-0.4, -0.2) is 37.2 Å². The van der Waals surface area contributed by atoms with Crippen LogP contribution >= 0.6 is 38.9 Å². The Balaban J connectivity index is 1.47. The number of hydrogen-bond acceptors (Lipinski definition) is 5. The molecule has 150 valence electrons. The minimum atomic E-state index is -0.118. The van der Waals surface area contributed by atoms with Gasteiger partial charge in [0.15, 0.2) is 0 Å². The lowest BCUT2D eigenvalue weighted by Crippen LogP contribution is -2.37. The highest BCUT2D eigenvalue weighted by atomic mass is 79.9. The van der Waals surface area contributed by atoms with Crippen LogP contribution in [-0.2, 0) is 16.0 Å². The van der Waals surface area contributed by atoms with E-state index in [1.165, 1.54) is 11.3 Å². The number of thiazole rings is 1. The molecule has 2 aromatic carbocycles. The van der Waals surface area contributed by atoms with E-state index in [0.29, 0.717) is 23.9 Å². The second-order valence-corrected chi connectivity index (χ2v) is 8.80. The quantitative estimate of drug-likeness (QED) is 0.529. The monoisotopic (exact) mass is 491 g/mol. The number of amides is 1. The van der Waals surface area contributed by atoms with Gasteiger partial charge in [0.1, 0.15) is 5.01 Å². The molecule has 5 nitrogen and oxygen atoms in total. The van der Waals surface area contributed by atoms with Crippen LogP contribution in [0.3, 0.4) is 0 Å². The smallest absolute Gasteiger partial charge is 0.230 e. The van der Waals surface area contributed by atoms with Crippen LogP contribution in [0.5, 0.6) is 0 Å². The lowest BCUT2D eigenvalue weighted by Gasteiger charge is -2.31. The zero-order chi connectivity index (χ0) is 20.2. The molecule has 1 aliphatic rings. The van der Waals surface area contributed by atoms with Crippen molar-refractivity contribution in [2.75, 3.05) is 36.5 Å². The van der Waals surface area contributed by atoms with Gasteiger partial charge in [0.05, 0.1) is 41.7 Å². The number of anilines is 2. The Hall–Kier alpha value is -1.93. The summed E-state index contributed by atoms with van der Waals surface area (Å²) in [6.07, 6.45) is 0.208. The predicted molar refractivity (Wildman–Crippen MR) is 122 cm³/mol. The summed E-state index contributed by atoms with van der Waals surface area (Å²) < 4.78 is 6.43. The zero-order valence-electron chi connectivity index (χ0n) is 15.5. The van der Waals surface area contributed by atoms with Crippen molar-refractivity contribution in [1.82, 2.24) is 4.98 Å².